The molecule has 100 valence electrons. The average molecular weight is 274 g/mol. The quantitative estimate of drug-likeness (QED) is 0.804. The third kappa shape index (κ3) is 2.78. The summed E-state index contributed by atoms with van der Waals surface area (Å²) in [5, 5.41) is 8.84. The van der Waals surface area contributed by atoms with Crippen LogP contribution in [0.1, 0.15) is 21.6 Å². The molecule has 0 saturated carbocycles. The summed E-state index contributed by atoms with van der Waals surface area (Å²) in [7, 11) is 0. The summed E-state index contributed by atoms with van der Waals surface area (Å²) in [4.78, 5) is 14.3. The van der Waals surface area contributed by atoms with E-state index < -0.39 is 17.4 Å². The van der Waals surface area contributed by atoms with E-state index in [1.165, 1.54) is 6.20 Å². The molecule has 2 aromatic rings. The minimum atomic E-state index is -0.977. The summed E-state index contributed by atoms with van der Waals surface area (Å²) >= 11 is 0. The molecule has 4 nitrogen and oxygen atoms in total. The number of benzene rings is 1. The molecule has 6 heteroatoms. The first-order chi connectivity index (χ1) is 9.65. The fourth-order valence-electron chi connectivity index (χ4n) is 1.59. The molecule has 0 N–H and O–H groups in total. The monoisotopic (exact) mass is 274 g/mol. The molecule has 0 unspecified atom stereocenters. The maximum Gasteiger partial charge on any atom is 0.191 e. The first kappa shape index (κ1) is 13.6. The molecule has 1 heterocycles. The highest BCUT2D eigenvalue weighted by atomic mass is 19.1. The Kier molecular flexibility index (Phi) is 4.01. The second-order valence-electron chi connectivity index (χ2n) is 3.84. The van der Waals surface area contributed by atoms with E-state index in [1.54, 1.807) is 12.1 Å². The van der Waals surface area contributed by atoms with E-state index in [2.05, 4.69) is 4.98 Å². The van der Waals surface area contributed by atoms with Crippen LogP contribution in [0.15, 0.2) is 30.5 Å². The highest BCUT2D eigenvalue weighted by molar-refractivity contribution is 5.75. The molecule has 2 rings (SSSR count). The first-order valence-corrected chi connectivity index (χ1v) is 5.56. The molecule has 0 amide bonds. The SMILES string of the molecule is N#Cc1ncccc1COc1c(F)cc(C=O)cc1F. The Labute approximate surface area is 113 Å². The lowest BCUT2D eigenvalue weighted by Gasteiger charge is -2.09. The lowest BCUT2D eigenvalue weighted by atomic mass is 10.2. The molecule has 1 aromatic carbocycles. The van der Waals surface area contributed by atoms with Crippen LogP contribution >= 0.6 is 0 Å². The zero-order chi connectivity index (χ0) is 14.5. The van der Waals surface area contributed by atoms with Gasteiger partial charge in [0.1, 0.15) is 24.7 Å². The summed E-state index contributed by atoms with van der Waals surface area (Å²) in [5.74, 6) is -2.55. The van der Waals surface area contributed by atoms with Gasteiger partial charge in [-0.3, -0.25) is 4.79 Å². The third-order valence-electron chi connectivity index (χ3n) is 2.53. The van der Waals surface area contributed by atoms with E-state index in [4.69, 9.17) is 10.00 Å². The predicted octanol–water partition coefficient (Wildman–Crippen LogP) is 2.62. The van der Waals surface area contributed by atoms with Crippen LogP contribution in [0, 0.1) is 23.0 Å². The Morgan fingerprint density at radius 2 is 2.05 bits per heavy atom. The standard InChI is InChI=1S/C14H8F2N2O2/c15-11-4-9(7-19)5-12(16)14(11)20-8-10-2-1-3-18-13(10)6-17/h1-5,7H,8H2. The number of carbonyl (C=O) groups excluding carboxylic acids is 1. The van der Waals surface area contributed by atoms with Gasteiger partial charge in [-0.1, -0.05) is 6.07 Å². The van der Waals surface area contributed by atoms with E-state index in [1.807, 2.05) is 6.07 Å². The highest BCUT2D eigenvalue weighted by Gasteiger charge is 2.13. The van der Waals surface area contributed by atoms with E-state index >= 15 is 0 Å². The molecule has 0 aliphatic carbocycles. The third-order valence-corrected chi connectivity index (χ3v) is 2.53. The molecular weight excluding hydrogens is 266 g/mol. The van der Waals surface area contributed by atoms with E-state index in [0.717, 1.165) is 12.1 Å². The number of hydrogen-bond acceptors (Lipinski definition) is 4. The number of nitrogens with zero attached hydrogens (tertiary/aromatic N) is 2. The zero-order valence-corrected chi connectivity index (χ0v) is 10.1. The number of rotatable bonds is 4. The molecule has 1 aromatic heterocycles. The van der Waals surface area contributed by atoms with Gasteiger partial charge in [0.2, 0.25) is 0 Å². The van der Waals surface area contributed by atoms with Crippen LogP contribution in [0.5, 0.6) is 5.75 Å². The molecule has 0 atom stereocenters. The van der Waals surface area contributed by atoms with Gasteiger partial charge in [-0.15, -0.1) is 0 Å². The van der Waals surface area contributed by atoms with Gasteiger partial charge in [0.15, 0.2) is 17.4 Å². The van der Waals surface area contributed by atoms with Crippen LogP contribution in [0.4, 0.5) is 8.78 Å². The molecule has 0 spiro atoms. The van der Waals surface area contributed by atoms with Gasteiger partial charge in [0.05, 0.1) is 0 Å². The van der Waals surface area contributed by atoms with Crippen molar-refractivity contribution in [3.63, 3.8) is 0 Å². The number of hydrogen-bond donors (Lipinski definition) is 0. The maximum absolute atomic E-state index is 13.6. The lowest BCUT2D eigenvalue weighted by Crippen LogP contribution is -2.03. The smallest absolute Gasteiger partial charge is 0.191 e. The lowest BCUT2D eigenvalue weighted by molar-refractivity contribution is 0.112. The van der Waals surface area contributed by atoms with E-state index in [0.29, 0.717) is 11.8 Å². The number of carbonyl (C=O) groups is 1. The van der Waals surface area contributed by atoms with Crippen molar-refractivity contribution in [3.8, 4) is 11.8 Å². The summed E-state index contributed by atoms with van der Waals surface area (Å²) in [6, 6.07) is 6.76. The van der Waals surface area contributed by atoms with Gasteiger partial charge in [-0.25, -0.2) is 13.8 Å². The van der Waals surface area contributed by atoms with Crippen molar-refractivity contribution in [2.24, 2.45) is 0 Å². The van der Waals surface area contributed by atoms with Crippen molar-refractivity contribution in [2.45, 2.75) is 6.61 Å². The summed E-state index contributed by atoms with van der Waals surface area (Å²) in [6.07, 6.45) is 1.77. The maximum atomic E-state index is 13.6. The van der Waals surface area contributed by atoms with Crippen LogP contribution in [0.25, 0.3) is 0 Å². The first-order valence-electron chi connectivity index (χ1n) is 5.56. The van der Waals surface area contributed by atoms with Crippen LogP contribution in [-0.2, 0) is 6.61 Å². The second-order valence-corrected chi connectivity index (χ2v) is 3.84. The average Bonchev–Trinajstić information content (AvgIpc) is 2.46. The minimum absolute atomic E-state index is 0.119. The second kappa shape index (κ2) is 5.89. The predicted molar refractivity (Wildman–Crippen MR) is 65.0 cm³/mol. The van der Waals surface area contributed by atoms with Gasteiger partial charge >= 0.3 is 0 Å². The van der Waals surface area contributed by atoms with Crippen LogP contribution in [-0.4, -0.2) is 11.3 Å². The number of aromatic nitrogens is 1. The molecule has 0 aliphatic heterocycles. The summed E-state index contributed by atoms with van der Waals surface area (Å²) < 4.78 is 32.2. The summed E-state index contributed by atoms with van der Waals surface area (Å²) in [6.45, 7) is -0.203. The molecular formula is C14H8F2N2O2. The van der Waals surface area contributed by atoms with Crippen molar-refractivity contribution in [1.29, 1.82) is 5.26 Å². The molecule has 0 radical (unpaired) electrons. The van der Waals surface area contributed by atoms with Crippen molar-refractivity contribution >= 4 is 6.29 Å². The fourth-order valence-corrected chi connectivity index (χ4v) is 1.59. The van der Waals surface area contributed by atoms with Gasteiger partial charge in [-0.2, -0.15) is 5.26 Å². The molecule has 0 aliphatic rings. The number of pyridine rings is 1. The Hall–Kier alpha value is -2.81. The highest BCUT2D eigenvalue weighted by Crippen LogP contribution is 2.24. The van der Waals surface area contributed by atoms with Crippen molar-refractivity contribution in [1.82, 2.24) is 4.98 Å². The number of ether oxygens (including phenoxy) is 1. The molecule has 20 heavy (non-hydrogen) atoms. The van der Waals surface area contributed by atoms with Crippen molar-refractivity contribution < 1.29 is 18.3 Å². The fraction of sp³-hybridized carbons (Fsp3) is 0.0714. The molecule has 0 saturated heterocycles. The van der Waals surface area contributed by atoms with Gasteiger partial charge in [-0.05, 0) is 18.2 Å². The van der Waals surface area contributed by atoms with Gasteiger partial charge in [0.25, 0.3) is 0 Å². The summed E-state index contributed by atoms with van der Waals surface area (Å²) in [5.41, 5.74) is 0.414. The van der Waals surface area contributed by atoms with Gasteiger partial charge in [0, 0.05) is 17.3 Å². The van der Waals surface area contributed by atoms with Gasteiger partial charge < -0.3 is 4.74 Å². The largest absolute Gasteiger partial charge is 0.483 e. The zero-order valence-electron chi connectivity index (χ0n) is 10.1. The number of nitriles is 1. The Balaban J connectivity index is 2.24. The molecule has 0 bridgehead atoms. The Bertz CT molecular complexity index is 673. The van der Waals surface area contributed by atoms with Crippen molar-refractivity contribution in [2.75, 3.05) is 0 Å². The Morgan fingerprint density at radius 3 is 2.65 bits per heavy atom. The minimum Gasteiger partial charge on any atom is -0.483 e. The van der Waals surface area contributed by atoms with Crippen LogP contribution in [0.2, 0.25) is 0 Å². The Morgan fingerprint density at radius 1 is 1.35 bits per heavy atom. The number of aldehydes is 1. The normalized spacial score (nSPS) is 9.85. The molecule has 0 fully saturated rings. The van der Waals surface area contributed by atoms with E-state index in [9.17, 15) is 13.6 Å². The van der Waals surface area contributed by atoms with Crippen LogP contribution in [0.3, 0.4) is 0 Å². The van der Waals surface area contributed by atoms with E-state index in [-0.39, 0.29) is 17.9 Å². The van der Waals surface area contributed by atoms with Crippen LogP contribution < -0.4 is 4.74 Å². The van der Waals surface area contributed by atoms with Crippen molar-refractivity contribution in [3.05, 3.63) is 58.9 Å². The number of halogens is 2. The topological polar surface area (TPSA) is 63.0 Å².